The molecule has 0 bridgehead atoms. The number of hydrogen-bond acceptors (Lipinski definition) is 2. The Kier molecular flexibility index (Phi) is 5.59. The number of hydrogen-bond donors (Lipinski definition) is 1. The van der Waals surface area contributed by atoms with Crippen molar-refractivity contribution in [2.75, 3.05) is 6.54 Å². The van der Waals surface area contributed by atoms with Gasteiger partial charge in [-0.05, 0) is 49.2 Å². The quantitative estimate of drug-likeness (QED) is 0.751. The van der Waals surface area contributed by atoms with Gasteiger partial charge in [-0.15, -0.1) is 0 Å². The lowest BCUT2D eigenvalue weighted by Gasteiger charge is -2.11. The molecule has 0 aliphatic carbocycles. The van der Waals surface area contributed by atoms with Crippen LogP contribution in [0.1, 0.15) is 24.5 Å². The molecule has 0 radical (unpaired) electrons. The van der Waals surface area contributed by atoms with E-state index in [9.17, 15) is 4.39 Å². The molecule has 0 saturated carbocycles. The Balaban J connectivity index is 2.12. The highest BCUT2D eigenvalue weighted by atomic mass is 35.5. The minimum absolute atomic E-state index is 0.189. The molecular formula is C17H19ClFNO. The number of halogens is 2. The zero-order valence-corrected chi connectivity index (χ0v) is 13.0. The highest BCUT2D eigenvalue weighted by Gasteiger charge is 2.10. The Morgan fingerprint density at radius 3 is 2.71 bits per heavy atom. The topological polar surface area (TPSA) is 21.3 Å². The molecule has 0 unspecified atom stereocenters. The second-order valence-corrected chi connectivity index (χ2v) is 5.34. The molecule has 0 spiro atoms. The standard InChI is InChI=1S/C17H19ClFNO/c1-3-9-20-11-13-7-8-15(14(18)10-13)21-16-6-4-5-12(2)17(16)19/h4-8,10,20H,3,9,11H2,1-2H3. The molecule has 4 heteroatoms. The fourth-order valence-corrected chi connectivity index (χ4v) is 2.21. The van der Waals surface area contributed by atoms with Crippen LogP contribution in [0.15, 0.2) is 36.4 Å². The fraction of sp³-hybridized carbons (Fsp3) is 0.294. The maximum absolute atomic E-state index is 13.9. The maximum atomic E-state index is 13.9. The molecule has 112 valence electrons. The Bertz CT molecular complexity index is 616. The first-order valence-electron chi connectivity index (χ1n) is 7.04. The van der Waals surface area contributed by atoms with E-state index in [4.69, 9.17) is 16.3 Å². The van der Waals surface area contributed by atoms with E-state index in [-0.39, 0.29) is 11.6 Å². The molecule has 0 atom stereocenters. The van der Waals surface area contributed by atoms with Crippen molar-refractivity contribution < 1.29 is 9.13 Å². The van der Waals surface area contributed by atoms with Crippen LogP contribution in [0, 0.1) is 12.7 Å². The molecule has 0 aromatic heterocycles. The van der Waals surface area contributed by atoms with Crippen LogP contribution >= 0.6 is 11.6 Å². The van der Waals surface area contributed by atoms with Crippen molar-refractivity contribution >= 4 is 11.6 Å². The fourth-order valence-electron chi connectivity index (χ4n) is 1.96. The van der Waals surface area contributed by atoms with Gasteiger partial charge in [0.1, 0.15) is 5.75 Å². The van der Waals surface area contributed by atoms with Crippen LogP contribution in [0.5, 0.6) is 11.5 Å². The van der Waals surface area contributed by atoms with E-state index in [1.807, 2.05) is 12.1 Å². The third kappa shape index (κ3) is 4.19. The van der Waals surface area contributed by atoms with Gasteiger partial charge >= 0.3 is 0 Å². The molecule has 0 fully saturated rings. The summed E-state index contributed by atoms with van der Waals surface area (Å²) in [5.74, 6) is 0.288. The zero-order valence-electron chi connectivity index (χ0n) is 12.2. The third-order valence-corrected chi connectivity index (χ3v) is 3.42. The van der Waals surface area contributed by atoms with Crippen molar-refractivity contribution in [2.45, 2.75) is 26.8 Å². The molecule has 2 aromatic carbocycles. The van der Waals surface area contributed by atoms with Gasteiger partial charge in [0.2, 0.25) is 0 Å². The van der Waals surface area contributed by atoms with Crippen molar-refractivity contribution in [1.82, 2.24) is 5.32 Å². The van der Waals surface area contributed by atoms with Gasteiger partial charge in [-0.1, -0.05) is 36.7 Å². The first kappa shape index (κ1) is 15.8. The molecule has 0 saturated heterocycles. The average molecular weight is 308 g/mol. The Morgan fingerprint density at radius 2 is 2.00 bits per heavy atom. The summed E-state index contributed by atoms with van der Waals surface area (Å²) in [4.78, 5) is 0. The lowest BCUT2D eigenvalue weighted by atomic mass is 10.2. The molecular weight excluding hydrogens is 289 g/mol. The first-order chi connectivity index (χ1) is 10.1. The highest BCUT2D eigenvalue weighted by molar-refractivity contribution is 6.32. The van der Waals surface area contributed by atoms with Gasteiger partial charge in [0.15, 0.2) is 11.6 Å². The molecule has 0 heterocycles. The predicted octanol–water partition coefficient (Wildman–Crippen LogP) is 5.08. The number of aryl methyl sites for hydroxylation is 1. The largest absolute Gasteiger partial charge is 0.453 e. The summed E-state index contributed by atoms with van der Waals surface area (Å²) in [6.45, 7) is 5.54. The van der Waals surface area contributed by atoms with E-state index in [0.717, 1.165) is 25.1 Å². The van der Waals surface area contributed by atoms with Crippen molar-refractivity contribution in [2.24, 2.45) is 0 Å². The maximum Gasteiger partial charge on any atom is 0.168 e. The van der Waals surface area contributed by atoms with Gasteiger partial charge in [-0.2, -0.15) is 0 Å². The van der Waals surface area contributed by atoms with Crippen LogP contribution in [0.3, 0.4) is 0 Å². The SMILES string of the molecule is CCCNCc1ccc(Oc2cccc(C)c2F)c(Cl)c1. The van der Waals surface area contributed by atoms with Crippen LogP contribution in [0.25, 0.3) is 0 Å². The second-order valence-electron chi connectivity index (χ2n) is 4.93. The van der Waals surface area contributed by atoms with Crippen LogP contribution in [-0.2, 0) is 6.54 Å². The van der Waals surface area contributed by atoms with Gasteiger partial charge in [-0.3, -0.25) is 0 Å². The molecule has 1 N–H and O–H groups in total. The van der Waals surface area contributed by atoms with E-state index in [0.29, 0.717) is 16.3 Å². The lowest BCUT2D eigenvalue weighted by molar-refractivity contribution is 0.440. The zero-order chi connectivity index (χ0) is 15.2. The number of benzene rings is 2. The van der Waals surface area contributed by atoms with Gasteiger partial charge in [-0.25, -0.2) is 4.39 Å². The lowest BCUT2D eigenvalue weighted by Crippen LogP contribution is -2.13. The van der Waals surface area contributed by atoms with Gasteiger partial charge in [0, 0.05) is 6.54 Å². The first-order valence-corrected chi connectivity index (χ1v) is 7.41. The highest BCUT2D eigenvalue weighted by Crippen LogP contribution is 2.32. The summed E-state index contributed by atoms with van der Waals surface area (Å²) in [6.07, 6.45) is 1.08. The van der Waals surface area contributed by atoms with Crippen molar-refractivity contribution in [3.63, 3.8) is 0 Å². The van der Waals surface area contributed by atoms with E-state index in [2.05, 4.69) is 12.2 Å². The normalized spacial score (nSPS) is 10.7. The minimum atomic E-state index is -0.359. The molecule has 2 aromatic rings. The third-order valence-electron chi connectivity index (χ3n) is 3.13. The molecule has 0 amide bonds. The van der Waals surface area contributed by atoms with E-state index in [1.54, 1.807) is 31.2 Å². The van der Waals surface area contributed by atoms with Gasteiger partial charge in [0.25, 0.3) is 0 Å². The summed E-state index contributed by atoms with van der Waals surface area (Å²) in [6, 6.07) is 10.6. The minimum Gasteiger partial charge on any atom is -0.453 e. The van der Waals surface area contributed by atoms with Crippen molar-refractivity contribution in [3.8, 4) is 11.5 Å². The number of ether oxygens (including phenoxy) is 1. The summed E-state index contributed by atoms with van der Waals surface area (Å²) in [7, 11) is 0. The number of nitrogens with one attached hydrogen (secondary N) is 1. The van der Waals surface area contributed by atoms with E-state index in [1.165, 1.54) is 0 Å². The molecule has 21 heavy (non-hydrogen) atoms. The Morgan fingerprint density at radius 1 is 1.19 bits per heavy atom. The summed E-state index contributed by atoms with van der Waals surface area (Å²) >= 11 is 6.21. The van der Waals surface area contributed by atoms with Crippen LogP contribution in [-0.4, -0.2) is 6.54 Å². The molecule has 2 nitrogen and oxygen atoms in total. The predicted molar refractivity (Wildman–Crippen MR) is 84.7 cm³/mol. The van der Waals surface area contributed by atoms with Crippen molar-refractivity contribution in [3.05, 3.63) is 58.4 Å². The average Bonchev–Trinajstić information content (AvgIpc) is 2.47. The number of rotatable bonds is 6. The molecule has 2 rings (SSSR count). The van der Waals surface area contributed by atoms with Crippen molar-refractivity contribution in [1.29, 1.82) is 0 Å². The second kappa shape index (κ2) is 7.43. The van der Waals surface area contributed by atoms with Crippen LogP contribution in [0.2, 0.25) is 5.02 Å². The van der Waals surface area contributed by atoms with Gasteiger partial charge < -0.3 is 10.1 Å². The summed E-state index contributed by atoms with van der Waals surface area (Å²) in [5, 5.41) is 3.78. The Labute approximate surface area is 129 Å². The smallest absolute Gasteiger partial charge is 0.168 e. The molecule has 0 aliphatic heterocycles. The monoisotopic (exact) mass is 307 g/mol. The van der Waals surface area contributed by atoms with Gasteiger partial charge in [0.05, 0.1) is 5.02 Å². The van der Waals surface area contributed by atoms with Crippen LogP contribution < -0.4 is 10.1 Å². The summed E-state index contributed by atoms with van der Waals surface area (Å²) in [5.41, 5.74) is 1.62. The summed E-state index contributed by atoms with van der Waals surface area (Å²) < 4.78 is 19.5. The van der Waals surface area contributed by atoms with Crippen LogP contribution in [0.4, 0.5) is 4.39 Å². The van der Waals surface area contributed by atoms with E-state index >= 15 is 0 Å². The van der Waals surface area contributed by atoms with E-state index < -0.39 is 0 Å². The molecule has 0 aliphatic rings. The Hall–Kier alpha value is -1.58.